The van der Waals surface area contributed by atoms with Gasteiger partial charge in [-0.25, -0.2) is 0 Å². The van der Waals surface area contributed by atoms with Crippen molar-refractivity contribution in [1.82, 2.24) is 0 Å². The third-order valence-corrected chi connectivity index (χ3v) is 1.99. The lowest BCUT2D eigenvalue weighted by molar-refractivity contribution is 0.504. The van der Waals surface area contributed by atoms with Crippen LogP contribution in [0.3, 0.4) is 0 Å². The number of nitrogens with zero attached hydrogens (tertiary/aromatic N) is 1. The van der Waals surface area contributed by atoms with Crippen molar-refractivity contribution in [3.05, 3.63) is 11.6 Å². The topological polar surface area (TPSA) is 52.8 Å². The van der Waals surface area contributed by atoms with Crippen molar-refractivity contribution < 1.29 is 9.11 Å². The maximum absolute atomic E-state index is 8.84. The summed E-state index contributed by atoms with van der Waals surface area (Å²) in [7, 11) is -2.41. The molecule has 0 saturated carbocycles. The molecule has 0 aromatic rings. The lowest BCUT2D eigenvalue weighted by atomic mass is 10.8. The summed E-state index contributed by atoms with van der Waals surface area (Å²) < 4.78 is 17.7. The highest BCUT2D eigenvalue weighted by molar-refractivity contribution is 8.27. The summed E-state index contributed by atoms with van der Waals surface area (Å²) >= 11 is 0. The highest BCUT2D eigenvalue weighted by Gasteiger charge is 2.06. The minimum Gasteiger partial charge on any atom is -0.295 e. The SMILES string of the molecule is OS1(O)C=CN=CC1. The van der Waals surface area contributed by atoms with Gasteiger partial charge in [0.05, 0.1) is 5.75 Å². The first kappa shape index (κ1) is 5.81. The maximum Gasteiger partial charge on any atom is 0.0771 e. The molecule has 0 aromatic heterocycles. The normalized spacial score (nSPS) is 27.8. The predicted octanol–water partition coefficient (Wildman–Crippen LogP) is 1.29. The van der Waals surface area contributed by atoms with Crippen molar-refractivity contribution >= 4 is 16.8 Å². The Labute approximate surface area is 49.1 Å². The Bertz CT molecular complexity index is 141. The number of hydrogen-bond donors (Lipinski definition) is 2. The summed E-state index contributed by atoms with van der Waals surface area (Å²) in [5.41, 5.74) is 0. The van der Waals surface area contributed by atoms with E-state index in [0.29, 0.717) is 0 Å². The maximum atomic E-state index is 8.84. The monoisotopic (exact) mass is 133 g/mol. The average molecular weight is 133 g/mol. The third kappa shape index (κ3) is 1.33. The van der Waals surface area contributed by atoms with Gasteiger partial charge in [0.1, 0.15) is 0 Å². The van der Waals surface area contributed by atoms with E-state index in [1.54, 1.807) is 0 Å². The van der Waals surface area contributed by atoms with E-state index in [-0.39, 0.29) is 5.75 Å². The van der Waals surface area contributed by atoms with Gasteiger partial charge in [-0.05, 0) is 0 Å². The number of rotatable bonds is 0. The van der Waals surface area contributed by atoms with Crippen LogP contribution in [0.1, 0.15) is 0 Å². The molecule has 0 saturated heterocycles. The minimum absolute atomic E-state index is 0.267. The number of aliphatic imine (C=N–C) groups is 1. The second-order valence-corrected chi connectivity index (χ2v) is 3.54. The summed E-state index contributed by atoms with van der Waals surface area (Å²) in [6.45, 7) is 0. The van der Waals surface area contributed by atoms with Gasteiger partial charge in [0.15, 0.2) is 0 Å². The second-order valence-electron chi connectivity index (χ2n) is 1.50. The fourth-order valence-electron chi connectivity index (χ4n) is 0.402. The Morgan fingerprint density at radius 1 is 1.50 bits per heavy atom. The van der Waals surface area contributed by atoms with Crippen LogP contribution in [0.4, 0.5) is 0 Å². The summed E-state index contributed by atoms with van der Waals surface area (Å²) in [4.78, 5) is 3.67. The third-order valence-electron chi connectivity index (χ3n) is 0.790. The zero-order valence-corrected chi connectivity index (χ0v) is 5.01. The highest BCUT2D eigenvalue weighted by Crippen LogP contribution is 2.39. The van der Waals surface area contributed by atoms with Crippen molar-refractivity contribution in [2.75, 3.05) is 5.75 Å². The predicted molar refractivity (Wildman–Crippen MR) is 35.3 cm³/mol. The fourth-order valence-corrected chi connectivity index (χ4v) is 1.08. The first-order valence-electron chi connectivity index (χ1n) is 2.15. The standard InChI is InChI=1S/C4H7NO2S/c6-8(7)3-1-5-2-4-8/h1-3,6-7H,4H2. The van der Waals surface area contributed by atoms with E-state index >= 15 is 0 Å². The highest BCUT2D eigenvalue weighted by atomic mass is 32.3. The largest absolute Gasteiger partial charge is 0.295 e. The molecule has 0 fully saturated rings. The van der Waals surface area contributed by atoms with Crippen LogP contribution in [-0.4, -0.2) is 21.1 Å². The first-order valence-corrected chi connectivity index (χ1v) is 3.93. The molecule has 0 spiro atoms. The van der Waals surface area contributed by atoms with Gasteiger partial charge in [0.25, 0.3) is 0 Å². The Morgan fingerprint density at radius 2 is 2.25 bits per heavy atom. The lowest BCUT2D eigenvalue weighted by Gasteiger charge is -2.26. The quantitative estimate of drug-likeness (QED) is 0.523. The molecule has 0 aromatic carbocycles. The van der Waals surface area contributed by atoms with E-state index in [2.05, 4.69) is 4.99 Å². The molecule has 1 rings (SSSR count). The average Bonchev–Trinajstić information content (AvgIpc) is 1.65. The van der Waals surface area contributed by atoms with E-state index in [1.807, 2.05) is 0 Å². The molecule has 46 valence electrons. The molecule has 2 N–H and O–H groups in total. The van der Waals surface area contributed by atoms with E-state index in [4.69, 9.17) is 9.11 Å². The van der Waals surface area contributed by atoms with Crippen LogP contribution in [0.25, 0.3) is 0 Å². The zero-order valence-electron chi connectivity index (χ0n) is 4.19. The Balaban J connectivity index is 2.65. The Hall–Kier alpha value is -0.320. The van der Waals surface area contributed by atoms with Crippen LogP contribution in [-0.2, 0) is 0 Å². The molecule has 1 heterocycles. The molecule has 1 aliphatic rings. The summed E-state index contributed by atoms with van der Waals surface area (Å²) in [5.74, 6) is 0.267. The zero-order chi connectivity index (χ0) is 6.04. The molecule has 0 aliphatic carbocycles. The van der Waals surface area contributed by atoms with E-state index in [9.17, 15) is 0 Å². The molecule has 0 unspecified atom stereocenters. The van der Waals surface area contributed by atoms with Crippen molar-refractivity contribution in [2.24, 2.45) is 4.99 Å². The molecule has 3 nitrogen and oxygen atoms in total. The molecule has 0 atom stereocenters. The van der Waals surface area contributed by atoms with Crippen molar-refractivity contribution in [3.8, 4) is 0 Å². The van der Waals surface area contributed by atoms with Gasteiger partial charge in [0.2, 0.25) is 0 Å². The van der Waals surface area contributed by atoms with E-state index in [1.165, 1.54) is 17.8 Å². The smallest absolute Gasteiger partial charge is 0.0771 e. The molecule has 0 radical (unpaired) electrons. The minimum atomic E-state index is -2.41. The van der Waals surface area contributed by atoms with Crippen LogP contribution in [0, 0.1) is 0 Å². The summed E-state index contributed by atoms with van der Waals surface area (Å²) in [6.07, 6.45) is 2.90. The summed E-state index contributed by atoms with van der Waals surface area (Å²) in [5, 5.41) is 1.33. The van der Waals surface area contributed by atoms with Crippen molar-refractivity contribution in [3.63, 3.8) is 0 Å². The molecular weight excluding hydrogens is 126 g/mol. The van der Waals surface area contributed by atoms with Gasteiger partial charge >= 0.3 is 0 Å². The van der Waals surface area contributed by atoms with E-state index in [0.717, 1.165) is 0 Å². The van der Waals surface area contributed by atoms with Gasteiger partial charge < -0.3 is 0 Å². The van der Waals surface area contributed by atoms with Gasteiger partial charge in [-0.1, -0.05) is 0 Å². The van der Waals surface area contributed by atoms with Crippen LogP contribution < -0.4 is 0 Å². The van der Waals surface area contributed by atoms with E-state index < -0.39 is 10.6 Å². The van der Waals surface area contributed by atoms with Crippen molar-refractivity contribution in [1.29, 1.82) is 0 Å². The molecule has 8 heavy (non-hydrogen) atoms. The van der Waals surface area contributed by atoms with Crippen molar-refractivity contribution in [2.45, 2.75) is 0 Å². The van der Waals surface area contributed by atoms with Crippen LogP contribution in [0.2, 0.25) is 0 Å². The summed E-state index contributed by atoms with van der Waals surface area (Å²) in [6, 6.07) is 0. The molecular formula is C4H7NO2S. The van der Waals surface area contributed by atoms with Gasteiger partial charge in [-0.2, -0.15) is 10.6 Å². The molecule has 1 aliphatic heterocycles. The van der Waals surface area contributed by atoms with Gasteiger partial charge in [-0.3, -0.25) is 14.1 Å². The van der Waals surface area contributed by atoms with Gasteiger partial charge in [-0.15, -0.1) is 0 Å². The Kier molecular flexibility index (Phi) is 1.37. The fraction of sp³-hybridized carbons (Fsp3) is 0.250. The van der Waals surface area contributed by atoms with Crippen LogP contribution in [0.5, 0.6) is 0 Å². The Morgan fingerprint density at radius 3 is 2.50 bits per heavy atom. The van der Waals surface area contributed by atoms with Crippen LogP contribution >= 0.6 is 10.6 Å². The van der Waals surface area contributed by atoms with Gasteiger partial charge in [0, 0.05) is 17.8 Å². The molecule has 4 heteroatoms. The number of hydrogen-bond acceptors (Lipinski definition) is 3. The van der Waals surface area contributed by atoms with Crippen LogP contribution in [0.15, 0.2) is 16.6 Å². The second kappa shape index (κ2) is 1.89. The molecule has 0 amide bonds. The first-order chi connectivity index (χ1) is 3.71. The lowest BCUT2D eigenvalue weighted by Crippen LogP contribution is -2.02. The molecule has 0 bridgehead atoms.